The van der Waals surface area contributed by atoms with Crippen LogP contribution in [0.5, 0.6) is 17.2 Å². The number of benzene rings is 2. The van der Waals surface area contributed by atoms with Gasteiger partial charge in [0.25, 0.3) is 0 Å². The lowest BCUT2D eigenvalue weighted by Crippen LogP contribution is -2.21. The van der Waals surface area contributed by atoms with E-state index in [4.69, 9.17) is 19.9 Å². The summed E-state index contributed by atoms with van der Waals surface area (Å²) >= 11 is 0. The third-order valence-corrected chi connectivity index (χ3v) is 3.88. The van der Waals surface area contributed by atoms with Crippen molar-refractivity contribution in [1.82, 2.24) is 0 Å². The van der Waals surface area contributed by atoms with Crippen LogP contribution in [0.3, 0.4) is 0 Å². The molecule has 1 heterocycles. The number of nitrogens with zero attached hydrogens (tertiary/aromatic N) is 1. The number of hydrogen-bond acceptors (Lipinski definition) is 5. The molecule has 5 nitrogen and oxygen atoms in total. The molecule has 0 aliphatic carbocycles. The van der Waals surface area contributed by atoms with E-state index in [1.807, 2.05) is 36.4 Å². The van der Waals surface area contributed by atoms with Gasteiger partial charge in [-0.3, -0.25) is 0 Å². The molecule has 2 aromatic carbocycles. The zero-order chi connectivity index (χ0) is 16.4. The lowest BCUT2D eigenvalue weighted by molar-refractivity contribution is 0.377. The summed E-state index contributed by atoms with van der Waals surface area (Å²) in [5, 5.41) is 9.55. The number of ether oxygens (including phenoxy) is 3. The second kappa shape index (κ2) is 5.93. The maximum atomic E-state index is 9.55. The molecule has 0 saturated heterocycles. The normalized spacial score (nSPS) is 16.1. The zero-order valence-electron chi connectivity index (χ0n) is 12.9. The van der Waals surface area contributed by atoms with Crippen molar-refractivity contribution in [2.75, 3.05) is 14.2 Å². The van der Waals surface area contributed by atoms with Crippen LogP contribution in [0.15, 0.2) is 53.9 Å². The Bertz CT molecular complexity index is 821. The highest BCUT2D eigenvalue weighted by atomic mass is 16.5. The van der Waals surface area contributed by atoms with Crippen molar-refractivity contribution in [2.24, 2.45) is 5.73 Å². The van der Waals surface area contributed by atoms with Gasteiger partial charge in [-0.15, -0.1) is 0 Å². The molecule has 2 aromatic rings. The van der Waals surface area contributed by atoms with E-state index in [2.05, 4.69) is 6.07 Å². The summed E-state index contributed by atoms with van der Waals surface area (Å²) in [7, 11) is 3.19. The molecular weight excluding hydrogens is 292 g/mol. The van der Waals surface area contributed by atoms with Crippen LogP contribution in [0.4, 0.5) is 0 Å². The first kappa shape index (κ1) is 14.8. The molecule has 1 aliphatic rings. The summed E-state index contributed by atoms with van der Waals surface area (Å²) in [6.45, 7) is 0. The fraction of sp³-hybridized carbons (Fsp3) is 0.167. The van der Waals surface area contributed by atoms with Crippen LogP contribution in [0.1, 0.15) is 17.0 Å². The van der Waals surface area contributed by atoms with E-state index in [0.717, 1.165) is 11.1 Å². The SMILES string of the molecule is COc1ccc2c(c1)OC(N)=C(C#N)[C@H]2c1ccccc1OC. The number of fused-ring (bicyclic) bond motifs is 1. The number of nitriles is 1. The topological polar surface area (TPSA) is 77.5 Å². The van der Waals surface area contributed by atoms with Gasteiger partial charge in [-0.1, -0.05) is 24.3 Å². The third kappa shape index (κ3) is 2.44. The number of nitrogens with two attached hydrogens (primary N) is 1. The smallest absolute Gasteiger partial charge is 0.205 e. The second-order valence-corrected chi connectivity index (χ2v) is 5.07. The van der Waals surface area contributed by atoms with Gasteiger partial charge in [0, 0.05) is 17.2 Å². The van der Waals surface area contributed by atoms with Crippen LogP contribution < -0.4 is 19.9 Å². The Balaban J connectivity index is 2.24. The molecule has 0 unspecified atom stereocenters. The minimum atomic E-state index is -0.342. The van der Waals surface area contributed by atoms with E-state index < -0.39 is 0 Å². The standard InChI is InChI=1S/C18H16N2O3/c1-21-11-7-8-13-16(9-11)23-18(20)14(10-19)17(13)12-5-3-4-6-15(12)22-2/h3-9,17H,20H2,1-2H3/t17-/m0/s1. The Morgan fingerprint density at radius 1 is 1.09 bits per heavy atom. The third-order valence-electron chi connectivity index (χ3n) is 3.88. The van der Waals surface area contributed by atoms with Crippen LogP contribution in [-0.2, 0) is 0 Å². The van der Waals surface area contributed by atoms with Gasteiger partial charge in [0.2, 0.25) is 5.88 Å². The van der Waals surface area contributed by atoms with Crippen molar-refractivity contribution in [1.29, 1.82) is 5.26 Å². The molecule has 23 heavy (non-hydrogen) atoms. The lowest BCUT2D eigenvalue weighted by Gasteiger charge is -2.27. The fourth-order valence-corrected chi connectivity index (χ4v) is 2.79. The van der Waals surface area contributed by atoms with Gasteiger partial charge >= 0.3 is 0 Å². The molecular formula is C18H16N2O3. The van der Waals surface area contributed by atoms with Gasteiger partial charge in [-0.2, -0.15) is 5.26 Å². The average Bonchev–Trinajstić information content (AvgIpc) is 2.59. The van der Waals surface area contributed by atoms with Gasteiger partial charge in [0.05, 0.1) is 20.1 Å². The Morgan fingerprint density at radius 3 is 2.57 bits per heavy atom. The average molecular weight is 308 g/mol. The van der Waals surface area contributed by atoms with E-state index in [0.29, 0.717) is 22.8 Å². The number of methoxy groups -OCH3 is 2. The molecule has 0 aromatic heterocycles. The predicted molar refractivity (Wildman–Crippen MR) is 85.3 cm³/mol. The van der Waals surface area contributed by atoms with Crippen molar-refractivity contribution in [2.45, 2.75) is 5.92 Å². The highest BCUT2D eigenvalue weighted by Crippen LogP contribution is 2.45. The second-order valence-electron chi connectivity index (χ2n) is 5.07. The predicted octanol–water partition coefficient (Wildman–Crippen LogP) is 2.92. The first-order chi connectivity index (χ1) is 11.2. The Morgan fingerprint density at radius 2 is 1.87 bits per heavy atom. The van der Waals surface area contributed by atoms with Crippen molar-refractivity contribution in [3.05, 3.63) is 65.0 Å². The molecule has 3 rings (SSSR count). The number of para-hydroxylation sites is 1. The molecule has 0 bridgehead atoms. The Labute approximate surface area is 134 Å². The molecule has 1 atom stereocenters. The van der Waals surface area contributed by atoms with Crippen LogP contribution in [0, 0.1) is 11.3 Å². The summed E-state index contributed by atoms with van der Waals surface area (Å²) in [6.07, 6.45) is 0. The van der Waals surface area contributed by atoms with Crippen molar-refractivity contribution < 1.29 is 14.2 Å². The number of hydrogen-bond donors (Lipinski definition) is 1. The van der Waals surface area contributed by atoms with Crippen molar-refractivity contribution in [3.63, 3.8) is 0 Å². The largest absolute Gasteiger partial charge is 0.497 e. The molecule has 0 radical (unpaired) electrons. The molecule has 0 saturated carbocycles. The quantitative estimate of drug-likeness (QED) is 0.943. The Hall–Kier alpha value is -3.13. The van der Waals surface area contributed by atoms with Gasteiger partial charge in [0.15, 0.2) is 0 Å². The summed E-state index contributed by atoms with van der Waals surface area (Å²) in [5.74, 6) is 1.70. The maximum Gasteiger partial charge on any atom is 0.205 e. The van der Waals surface area contributed by atoms with Crippen LogP contribution in [-0.4, -0.2) is 14.2 Å². The monoisotopic (exact) mass is 308 g/mol. The van der Waals surface area contributed by atoms with Gasteiger partial charge in [0.1, 0.15) is 28.9 Å². The molecule has 116 valence electrons. The van der Waals surface area contributed by atoms with Gasteiger partial charge < -0.3 is 19.9 Å². The van der Waals surface area contributed by atoms with Crippen LogP contribution >= 0.6 is 0 Å². The Kier molecular flexibility index (Phi) is 3.82. The highest BCUT2D eigenvalue weighted by Gasteiger charge is 2.32. The van der Waals surface area contributed by atoms with E-state index in [1.54, 1.807) is 20.3 Å². The van der Waals surface area contributed by atoms with Gasteiger partial charge in [-0.05, 0) is 12.1 Å². The van der Waals surface area contributed by atoms with E-state index >= 15 is 0 Å². The fourth-order valence-electron chi connectivity index (χ4n) is 2.79. The maximum absolute atomic E-state index is 9.55. The van der Waals surface area contributed by atoms with E-state index in [-0.39, 0.29) is 11.8 Å². The molecule has 0 amide bonds. The zero-order valence-corrected chi connectivity index (χ0v) is 12.9. The molecule has 2 N–H and O–H groups in total. The van der Waals surface area contributed by atoms with Crippen LogP contribution in [0.2, 0.25) is 0 Å². The van der Waals surface area contributed by atoms with Gasteiger partial charge in [-0.25, -0.2) is 0 Å². The molecule has 5 heteroatoms. The number of rotatable bonds is 3. The van der Waals surface area contributed by atoms with E-state index in [9.17, 15) is 5.26 Å². The first-order valence-corrected chi connectivity index (χ1v) is 7.08. The summed E-state index contributed by atoms with van der Waals surface area (Å²) in [4.78, 5) is 0. The summed E-state index contributed by atoms with van der Waals surface area (Å²) in [5.41, 5.74) is 8.05. The lowest BCUT2D eigenvalue weighted by atomic mass is 9.83. The minimum Gasteiger partial charge on any atom is -0.497 e. The van der Waals surface area contributed by atoms with Crippen LogP contribution in [0.25, 0.3) is 0 Å². The summed E-state index contributed by atoms with van der Waals surface area (Å²) < 4.78 is 16.3. The molecule has 1 aliphatic heterocycles. The van der Waals surface area contributed by atoms with E-state index in [1.165, 1.54) is 0 Å². The first-order valence-electron chi connectivity index (χ1n) is 7.08. The summed E-state index contributed by atoms with van der Waals surface area (Å²) in [6, 6.07) is 15.2. The molecule has 0 fully saturated rings. The van der Waals surface area contributed by atoms with Crippen molar-refractivity contribution >= 4 is 0 Å². The molecule has 0 spiro atoms. The highest BCUT2D eigenvalue weighted by molar-refractivity contribution is 5.59. The minimum absolute atomic E-state index is 0.101. The number of allylic oxidation sites excluding steroid dienone is 1. The van der Waals surface area contributed by atoms with Crippen molar-refractivity contribution in [3.8, 4) is 23.3 Å².